The standard InChI is InChI=1S/C15H27/c1-3-5-7-9-11-13-15-14-12-10-8-6-4-2/h3,5,10,12H,1,4,6-9,11,13-15H2,2H3. The van der Waals surface area contributed by atoms with Gasteiger partial charge in [-0.25, -0.2) is 0 Å². The predicted octanol–water partition coefficient (Wildman–Crippen LogP) is 5.46. The van der Waals surface area contributed by atoms with Crippen LogP contribution in [0.1, 0.15) is 64.7 Å². The fourth-order valence-corrected chi connectivity index (χ4v) is 1.55. The van der Waals surface area contributed by atoms with E-state index in [1.54, 1.807) is 0 Å². The molecular formula is C15H27. The second kappa shape index (κ2) is 13.5. The molecule has 0 spiro atoms. The number of hydrogen-bond acceptors (Lipinski definition) is 0. The van der Waals surface area contributed by atoms with Crippen LogP contribution in [0.25, 0.3) is 0 Å². The van der Waals surface area contributed by atoms with Gasteiger partial charge in [0.05, 0.1) is 0 Å². The van der Waals surface area contributed by atoms with Gasteiger partial charge in [0.2, 0.25) is 0 Å². The minimum atomic E-state index is 1.20. The Kier molecular flexibility index (Phi) is 13.0. The van der Waals surface area contributed by atoms with E-state index in [-0.39, 0.29) is 0 Å². The molecule has 0 aliphatic heterocycles. The minimum Gasteiger partial charge on any atom is -0.0885 e. The third-order valence-corrected chi connectivity index (χ3v) is 2.55. The van der Waals surface area contributed by atoms with Crippen LogP contribution in [0, 0.1) is 6.92 Å². The van der Waals surface area contributed by atoms with Gasteiger partial charge < -0.3 is 0 Å². The van der Waals surface area contributed by atoms with Crippen molar-refractivity contribution >= 4 is 0 Å². The van der Waals surface area contributed by atoms with Gasteiger partial charge in [-0.15, -0.1) is 0 Å². The maximum Gasteiger partial charge on any atom is -0.0316 e. The third kappa shape index (κ3) is 13.5. The highest BCUT2D eigenvalue weighted by molar-refractivity contribution is 4.83. The summed E-state index contributed by atoms with van der Waals surface area (Å²) < 4.78 is 0. The molecule has 0 unspecified atom stereocenters. The first-order chi connectivity index (χ1) is 7.41. The normalized spacial score (nSPS) is 11.9. The summed E-state index contributed by atoms with van der Waals surface area (Å²) in [6.07, 6.45) is 20.6. The zero-order valence-corrected chi connectivity index (χ0v) is 10.4. The number of allylic oxidation sites excluding steroid dienone is 4. The maximum absolute atomic E-state index is 3.68. The van der Waals surface area contributed by atoms with Gasteiger partial charge in [-0.3, -0.25) is 0 Å². The summed E-state index contributed by atoms with van der Waals surface area (Å²) in [6, 6.07) is 0. The predicted molar refractivity (Wildman–Crippen MR) is 70.9 cm³/mol. The Labute approximate surface area is 96.5 Å². The van der Waals surface area contributed by atoms with Crippen LogP contribution in [0.5, 0.6) is 0 Å². The molecule has 0 atom stereocenters. The Hall–Kier alpha value is -0.520. The van der Waals surface area contributed by atoms with E-state index in [1.807, 2.05) is 6.08 Å². The van der Waals surface area contributed by atoms with Gasteiger partial charge in [0, 0.05) is 0 Å². The van der Waals surface area contributed by atoms with Crippen LogP contribution in [0.4, 0.5) is 0 Å². The average molecular weight is 207 g/mol. The molecule has 0 bridgehead atoms. The summed E-state index contributed by atoms with van der Waals surface area (Å²) in [6.45, 7) is 5.92. The molecule has 87 valence electrons. The van der Waals surface area contributed by atoms with Crippen molar-refractivity contribution in [1.29, 1.82) is 0 Å². The Morgan fingerprint density at radius 3 is 1.80 bits per heavy atom. The van der Waals surface area contributed by atoms with Crippen LogP contribution in [0.15, 0.2) is 24.3 Å². The molecule has 0 aromatic heterocycles. The first-order valence-electron chi connectivity index (χ1n) is 6.51. The van der Waals surface area contributed by atoms with E-state index < -0.39 is 0 Å². The monoisotopic (exact) mass is 207 g/mol. The quantitative estimate of drug-likeness (QED) is 0.329. The molecular weight excluding hydrogens is 180 g/mol. The summed E-state index contributed by atoms with van der Waals surface area (Å²) in [5.41, 5.74) is 0. The summed E-state index contributed by atoms with van der Waals surface area (Å²) in [7, 11) is 0. The van der Waals surface area contributed by atoms with Crippen LogP contribution in [0.3, 0.4) is 0 Å². The second-order valence-electron chi connectivity index (χ2n) is 4.08. The molecule has 0 fully saturated rings. The van der Waals surface area contributed by atoms with Gasteiger partial charge in [0.1, 0.15) is 0 Å². The molecule has 0 heterocycles. The van der Waals surface area contributed by atoms with Gasteiger partial charge in [0.15, 0.2) is 0 Å². The van der Waals surface area contributed by atoms with E-state index in [4.69, 9.17) is 0 Å². The summed E-state index contributed by atoms with van der Waals surface area (Å²) in [5, 5.41) is 0. The molecule has 0 aliphatic rings. The van der Waals surface area contributed by atoms with Crippen molar-refractivity contribution in [2.24, 2.45) is 0 Å². The van der Waals surface area contributed by atoms with Gasteiger partial charge in [-0.05, 0) is 39.0 Å². The van der Waals surface area contributed by atoms with Crippen molar-refractivity contribution in [3.8, 4) is 0 Å². The molecule has 0 saturated heterocycles. The minimum absolute atomic E-state index is 1.20. The fourth-order valence-electron chi connectivity index (χ4n) is 1.55. The number of hydrogen-bond donors (Lipinski definition) is 0. The molecule has 0 rings (SSSR count). The second-order valence-corrected chi connectivity index (χ2v) is 4.08. The zero-order chi connectivity index (χ0) is 11.2. The van der Waals surface area contributed by atoms with E-state index in [0.717, 1.165) is 0 Å². The van der Waals surface area contributed by atoms with E-state index in [1.165, 1.54) is 57.8 Å². The molecule has 0 N–H and O–H groups in total. The molecule has 0 saturated carbocycles. The lowest BCUT2D eigenvalue weighted by molar-refractivity contribution is 0.651. The van der Waals surface area contributed by atoms with Gasteiger partial charge in [-0.2, -0.15) is 0 Å². The third-order valence-electron chi connectivity index (χ3n) is 2.55. The smallest absolute Gasteiger partial charge is 0.0316 e. The van der Waals surface area contributed by atoms with Crippen LogP contribution in [-0.2, 0) is 0 Å². The summed E-state index contributed by atoms with van der Waals surface area (Å²) in [5.74, 6) is 0. The Morgan fingerprint density at radius 2 is 1.27 bits per heavy atom. The van der Waals surface area contributed by atoms with Crippen molar-refractivity contribution in [3.63, 3.8) is 0 Å². The zero-order valence-electron chi connectivity index (χ0n) is 10.4. The Bertz CT molecular complexity index is 153. The molecule has 1 radical (unpaired) electrons. The summed E-state index contributed by atoms with van der Waals surface area (Å²) >= 11 is 0. The van der Waals surface area contributed by atoms with E-state index in [0.29, 0.717) is 0 Å². The molecule has 15 heavy (non-hydrogen) atoms. The maximum atomic E-state index is 3.68. The fraction of sp³-hybridized carbons (Fsp3) is 0.667. The molecule has 0 amide bonds. The van der Waals surface area contributed by atoms with E-state index in [9.17, 15) is 0 Å². The van der Waals surface area contributed by atoms with Crippen LogP contribution in [0.2, 0.25) is 0 Å². The van der Waals surface area contributed by atoms with E-state index in [2.05, 4.69) is 32.1 Å². The highest BCUT2D eigenvalue weighted by Gasteiger charge is 1.87. The highest BCUT2D eigenvalue weighted by Crippen LogP contribution is 2.06. The van der Waals surface area contributed by atoms with Gasteiger partial charge in [-0.1, -0.05) is 56.9 Å². The van der Waals surface area contributed by atoms with Crippen LogP contribution < -0.4 is 0 Å². The van der Waals surface area contributed by atoms with Crippen molar-refractivity contribution in [1.82, 2.24) is 0 Å². The largest absolute Gasteiger partial charge is 0.0885 e. The number of unbranched alkanes of at least 4 members (excludes halogenated alkanes) is 7. The average Bonchev–Trinajstić information content (AvgIpc) is 2.26. The van der Waals surface area contributed by atoms with E-state index >= 15 is 0 Å². The van der Waals surface area contributed by atoms with Crippen molar-refractivity contribution in [2.45, 2.75) is 64.7 Å². The first kappa shape index (κ1) is 14.5. The highest BCUT2D eigenvalue weighted by atomic mass is 13.9. The first-order valence-corrected chi connectivity index (χ1v) is 6.51. The van der Waals surface area contributed by atoms with Crippen molar-refractivity contribution in [3.05, 3.63) is 31.2 Å². The molecule has 0 nitrogen and oxygen atoms in total. The molecule has 0 aromatic carbocycles. The van der Waals surface area contributed by atoms with Crippen molar-refractivity contribution < 1.29 is 0 Å². The lowest BCUT2D eigenvalue weighted by atomic mass is 10.1. The Balaban J connectivity index is 3.01. The number of rotatable bonds is 10. The van der Waals surface area contributed by atoms with Gasteiger partial charge in [0.25, 0.3) is 0 Å². The van der Waals surface area contributed by atoms with Crippen LogP contribution >= 0.6 is 0 Å². The lowest BCUT2D eigenvalue weighted by Gasteiger charge is -1.96. The van der Waals surface area contributed by atoms with Crippen molar-refractivity contribution in [2.75, 3.05) is 0 Å². The topological polar surface area (TPSA) is 0 Å². The lowest BCUT2D eigenvalue weighted by Crippen LogP contribution is -1.76. The molecule has 0 heteroatoms. The summed E-state index contributed by atoms with van der Waals surface area (Å²) in [4.78, 5) is 0. The van der Waals surface area contributed by atoms with Crippen LogP contribution in [-0.4, -0.2) is 0 Å². The molecule has 0 aromatic rings. The SMILES string of the molecule is [CH2]C=CCCCCCCC=CCCCC. The molecule has 0 aliphatic carbocycles. The Morgan fingerprint density at radius 1 is 0.733 bits per heavy atom. The van der Waals surface area contributed by atoms with Gasteiger partial charge >= 0.3 is 0 Å².